The number of anilines is 1. The molecule has 0 radical (unpaired) electrons. The van der Waals surface area contributed by atoms with Gasteiger partial charge in [-0.3, -0.25) is 9.59 Å². The lowest BCUT2D eigenvalue weighted by Crippen LogP contribution is -2.28. The van der Waals surface area contributed by atoms with Crippen LogP contribution in [0.25, 0.3) is 22.8 Å². The molecule has 0 aliphatic carbocycles. The Hall–Kier alpha value is -4.21. The summed E-state index contributed by atoms with van der Waals surface area (Å²) in [7, 11) is 0. The number of hydrogen-bond acceptors (Lipinski definition) is 5. The Balaban J connectivity index is 1.53. The fraction of sp³-hybridized carbons (Fsp3) is 0.0909. The van der Waals surface area contributed by atoms with Crippen molar-refractivity contribution in [3.63, 3.8) is 0 Å². The minimum atomic E-state index is -4.53. The van der Waals surface area contributed by atoms with Gasteiger partial charge < -0.3 is 14.4 Å². The van der Waals surface area contributed by atoms with Crippen LogP contribution in [-0.4, -0.2) is 20.6 Å². The van der Waals surface area contributed by atoms with Crippen LogP contribution in [0.15, 0.2) is 82.2 Å². The maximum atomic E-state index is 12.8. The van der Waals surface area contributed by atoms with Crippen molar-refractivity contribution in [2.24, 2.45) is 0 Å². The van der Waals surface area contributed by atoms with Crippen molar-refractivity contribution < 1.29 is 22.5 Å². The second kappa shape index (κ2) is 8.50. The average molecular weight is 440 g/mol. The highest BCUT2D eigenvalue weighted by atomic mass is 19.4. The number of nitrogens with zero attached hydrogens (tertiary/aromatic N) is 3. The number of halogens is 3. The van der Waals surface area contributed by atoms with Crippen molar-refractivity contribution in [3.05, 3.63) is 88.8 Å². The summed E-state index contributed by atoms with van der Waals surface area (Å²) in [5.41, 5.74) is -0.679. The lowest BCUT2D eigenvalue weighted by molar-refractivity contribution is -0.137. The molecule has 32 heavy (non-hydrogen) atoms. The number of pyridine rings is 1. The summed E-state index contributed by atoms with van der Waals surface area (Å²) in [6.07, 6.45) is -3.15. The Bertz CT molecular complexity index is 1310. The Morgan fingerprint density at radius 2 is 1.81 bits per heavy atom. The van der Waals surface area contributed by atoms with Crippen LogP contribution in [-0.2, 0) is 17.5 Å². The molecule has 1 N–H and O–H groups in total. The van der Waals surface area contributed by atoms with Crippen LogP contribution < -0.4 is 10.9 Å². The van der Waals surface area contributed by atoms with Gasteiger partial charge >= 0.3 is 6.18 Å². The molecule has 0 aliphatic heterocycles. The normalized spacial score (nSPS) is 11.3. The number of alkyl halides is 3. The van der Waals surface area contributed by atoms with E-state index in [4.69, 9.17) is 4.52 Å². The summed E-state index contributed by atoms with van der Waals surface area (Å²) in [5, 5.41) is 6.24. The van der Waals surface area contributed by atoms with E-state index >= 15 is 0 Å². The summed E-state index contributed by atoms with van der Waals surface area (Å²) in [4.78, 5) is 29.4. The Labute approximate surface area is 179 Å². The molecule has 4 aromatic rings. The van der Waals surface area contributed by atoms with E-state index in [0.29, 0.717) is 11.4 Å². The monoisotopic (exact) mass is 440 g/mol. The molecule has 4 rings (SSSR count). The smallest absolute Gasteiger partial charge is 0.333 e. The molecule has 2 heterocycles. The van der Waals surface area contributed by atoms with E-state index in [-0.39, 0.29) is 17.1 Å². The van der Waals surface area contributed by atoms with Gasteiger partial charge in [0.15, 0.2) is 0 Å². The molecule has 2 aromatic heterocycles. The van der Waals surface area contributed by atoms with Gasteiger partial charge in [0.25, 0.3) is 11.4 Å². The third-order valence-electron chi connectivity index (χ3n) is 4.50. The molecule has 1 amide bonds. The fourth-order valence-electron chi connectivity index (χ4n) is 2.99. The van der Waals surface area contributed by atoms with E-state index in [2.05, 4.69) is 15.5 Å². The zero-order valence-electron chi connectivity index (χ0n) is 16.3. The number of carbonyl (C=O) groups is 1. The zero-order chi connectivity index (χ0) is 22.7. The van der Waals surface area contributed by atoms with E-state index in [1.165, 1.54) is 30.5 Å². The highest BCUT2D eigenvalue weighted by molar-refractivity contribution is 5.90. The van der Waals surface area contributed by atoms with Crippen molar-refractivity contribution in [2.75, 3.05) is 5.32 Å². The minimum Gasteiger partial charge on any atom is -0.333 e. The van der Waals surface area contributed by atoms with Gasteiger partial charge in [-0.2, -0.15) is 18.2 Å². The maximum absolute atomic E-state index is 12.8. The van der Waals surface area contributed by atoms with Crippen LogP contribution >= 0.6 is 0 Å². The van der Waals surface area contributed by atoms with Crippen molar-refractivity contribution in [1.29, 1.82) is 0 Å². The molecule has 0 atom stereocenters. The number of aromatic nitrogens is 3. The van der Waals surface area contributed by atoms with E-state index in [1.807, 2.05) is 18.2 Å². The van der Waals surface area contributed by atoms with E-state index < -0.39 is 29.8 Å². The Morgan fingerprint density at radius 1 is 1.03 bits per heavy atom. The summed E-state index contributed by atoms with van der Waals surface area (Å²) in [6, 6.07) is 16.3. The van der Waals surface area contributed by atoms with E-state index in [0.717, 1.165) is 16.7 Å². The van der Waals surface area contributed by atoms with E-state index in [9.17, 15) is 22.8 Å². The standard InChI is InChI=1S/C22H15F3N4O3/c23-22(24,25)15-8-4-9-16(12-15)26-18(30)13-29-11-5-10-17(21(29)31)20-27-19(28-32-20)14-6-2-1-3-7-14/h1-12H,13H2,(H,26,30). The second-order valence-electron chi connectivity index (χ2n) is 6.77. The zero-order valence-corrected chi connectivity index (χ0v) is 16.3. The summed E-state index contributed by atoms with van der Waals surface area (Å²) < 4.78 is 44.8. The largest absolute Gasteiger partial charge is 0.416 e. The van der Waals surface area contributed by atoms with Crippen LogP contribution in [0.3, 0.4) is 0 Å². The van der Waals surface area contributed by atoms with Crippen LogP contribution in [0.1, 0.15) is 5.56 Å². The van der Waals surface area contributed by atoms with Gasteiger partial charge in [-0.05, 0) is 30.3 Å². The molecule has 162 valence electrons. The Morgan fingerprint density at radius 3 is 2.56 bits per heavy atom. The third kappa shape index (κ3) is 4.59. The number of nitrogens with one attached hydrogen (secondary N) is 1. The average Bonchev–Trinajstić information content (AvgIpc) is 3.25. The first-order valence-corrected chi connectivity index (χ1v) is 9.37. The van der Waals surface area contributed by atoms with Crippen molar-refractivity contribution in [1.82, 2.24) is 14.7 Å². The van der Waals surface area contributed by atoms with Crippen molar-refractivity contribution >= 4 is 11.6 Å². The van der Waals surface area contributed by atoms with Crippen LogP contribution in [0.4, 0.5) is 18.9 Å². The lowest BCUT2D eigenvalue weighted by atomic mass is 10.2. The first-order valence-electron chi connectivity index (χ1n) is 9.37. The first-order chi connectivity index (χ1) is 15.3. The van der Waals surface area contributed by atoms with Gasteiger partial charge in [-0.25, -0.2) is 0 Å². The number of amides is 1. The number of benzene rings is 2. The van der Waals surface area contributed by atoms with Crippen LogP contribution in [0.5, 0.6) is 0 Å². The third-order valence-corrected chi connectivity index (χ3v) is 4.50. The van der Waals surface area contributed by atoms with Gasteiger partial charge in [-0.15, -0.1) is 0 Å². The van der Waals surface area contributed by atoms with E-state index in [1.54, 1.807) is 12.1 Å². The number of carbonyl (C=O) groups excluding carboxylic acids is 1. The van der Waals surface area contributed by atoms with Gasteiger partial charge in [0.05, 0.1) is 5.56 Å². The summed E-state index contributed by atoms with van der Waals surface area (Å²) in [6.45, 7) is -0.414. The molecule has 0 fully saturated rings. The van der Waals surface area contributed by atoms with Gasteiger partial charge in [0.2, 0.25) is 11.7 Å². The lowest BCUT2D eigenvalue weighted by Gasteiger charge is -2.11. The SMILES string of the molecule is O=C(Cn1cccc(-c2nc(-c3ccccc3)no2)c1=O)Nc1cccc(C(F)(F)F)c1. The molecule has 0 unspecified atom stereocenters. The van der Waals surface area contributed by atoms with Crippen LogP contribution in [0, 0.1) is 0 Å². The first kappa shape index (κ1) is 21.0. The highest BCUT2D eigenvalue weighted by Gasteiger charge is 2.30. The van der Waals surface area contributed by atoms with Crippen molar-refractivity contribution in [2.45, 2.75) is 12.7 Å². The Kier molecular flexibility index (Phi) is 5.59. The highest BCUT2D eigenvalue weighted by Crippen LogP contribution is 2.30. The predicted molar refractivity (Wildman–Crippen MR) is 110 cm³/mol. The minimum absolute atomic E-state index is 0.0125. The molecule has 2 aromatic carbocycles. The molecule has 0 saturated carbocycles. The molecule has 0 aliphatic rings. The molecule has 0 spiro atoms. The molecule has 7 nitrogen and oxygen atoms in total. The second-order valence-corrected chi connectivity index (χ2v) is 6.77. The topological polar surface area (TPSA) is 90.0 Å². The molecule has 10 heteroatoms. The van der Waals surface area contributed by atoms with Gasteiger partial charge in [0.1, 0.15) is 12.1 Å². The molecular formula is C22H15F3N4O3. The molecular weight excluding hydrogens is 425 g/mol. The number of rotatable bonds is 5. The number of hydrogen-bond donors (Lipinski definition) is 1. The quantitative estimate of drug-likeness (QED) is 0.502. The summed E-state index contributed by atoms with van der Waals surface area (Å²) >= 11 is 0. The van der Waals surface area contributed by atoms with Crippen LogP contribution in [0.2, 0.25) is 0 Å². The van der Waals surface area contributed by atoms with Gasteiger partial charge in [0, 0.05) is 17.4 Å². The molecule has 0 saturated heterocycles. The fourth-order valence-corrected chi connectivity index (χ4v) is 2.99. The predicted octanol–water partition coefficient (Wildman–Crippen LogP) is 4.22. The van der Waals surface area contributed by atoms with Gasteiger partial charge in [-0.1, -0.05) is 41.6 Å². The molecule has 0 bridgehead atoms. The maximum Gasteiger partial charge on any atom is 0.416 e. The summed E-state index contributed by atoms with van der Waals surface area (Å²) in [5.74, 6) is -0.377. The van der Waals surface area contributed by atoms with Crippen molar-refractivity contribution in [3.8, 4) is 22.8 Å².